The Bertz CT molecular complexity index is 535. The summed E-state index contributed by atoms with van der Waals surface area (Å²) in [7, 11) is 0. The first-order valence-corrected chi connectivity index (χ1v) is 4.74. The van der Waals surface area contributed by atoms with Crippen LogP contribution in [0.15, 0.2) is 48.5 Å². The lowest BCUT2D eigenvalue weighted by Crippen LogP contribution is -2.22. The summed E-state index contributed by atoms with van der Waals surface area (Å²) >= 11 is 0. The van der Waals surface area contributed by atoms with Gasteiger partial charge in [0.15, 0.2) is 0 Å². The minimum atomic E-state index is -1.24. The van der Waals surface area contributed by atoms with Crippen LogP contribution in [0.4, 0.5) is 4.39 Å². The van der Waals surface area contributed by atoms with Gasteiger partial charge in [0.2, 0.25) is 0 Å². The Kier molecular flexibility index (Phi) is 2.68. The monoisotopic (exact) mass is 215 g/mol. The van der Waals surface area contributed by atoms with Crippen molar-refractivity contribution in [3.63, 3.8) is 0 Å². The molecule has 0 N–H and O–H groups in total. The molecule has 0 atom stereocenters. The van der Waals surface area contributed by atoms with Gasteiger partial charge in [-0.15, -0.1) is 0 Å². The molecule has 0 aliphatic heterocycles. The fourth-order valence-electron chi connectivity index (χ4n) is 1.49. The van der Waals surface area contributed by atoms with Crippen LogP contribution >= 0.6 is 0 Å². The van der Waals surface area contributed by atoms with Crippen molar-refractivity contribution in [3.05, 3.63) is 59.9 Å². The van der Waals surface area contributed by atoms with E-state index in [0.717, 1.165) is 0 Å². The van der Waals surface area contributed by atoms with E-state index in [0.29, 0.717) is 11.1 Å². The number of halogens is 1. The molecule has 2 aromatic rings. The molecule has 0 unspecified atom stereocenters. The van der Waals surface area contributed by atoms with E-state index in [1.165, 1.54) is 24.3 Å². The fourth-order valence-corrected chi connectivity index (χ4v) is 1.49. The highest BCUT2D eigenvalue weighted by molar-refractivity contribution is 5.87. The van der Waals surface area contributed by atoms with Crippen molar-refractivity contribution < 1.29 is 14.3 Å². The molecule has 2 rings (SSSR count). The average molecular weight is 215 g/mol. The molecule has 0 aliphatic carbocycles. The summed E-state index contributed by atoms with van der Waals surface area (Å²) in [5, 5.41) is 10.7. The minimum absolute atomic E-state index is 0.0850. The Balaban J connectivity index is 2.48. The highest BCUT2D eigenvalue weighted by Crippen LogP contribution is 2.20. The molecule has 0 amide bonds. The minimum Gasteiger partial charge on any atom is -0.545 e. The summed E-state index contributed by atoms with van der Waals surface area (Å²) in [5.74, 6) is -1.59. The molecule has 2 nitrogen and oxygen atoms in total. The largest absolute Gasteiger partial charge is 0.545 e. The summed E-state index contributed by atoms with van der Waals surface area (Å²) in [6.45, 7) is 0. The quantitative estimate of drug-likeness (QED) is 0.767. The van der Waals surface area contributed by atoms with Gasteiger partial charge in [-0.2, -0.15) is 0 Å². The van der Waals surface area contributed by atoms with Gasteiger partial charge in [-0.05, 0) is 34.9 Å². The van der Waals surface area contributed by atoms with Gasteiger partial charge in [0.25, 0.3) is 0 Å². The zero-order valence-electron chi connectivity index (χ0n) is 8.31. The molecule has 0 heterocycles. The molecule has 0 saturated carbocycles. The van der Waals surface area contributed by atoms with Gasteiger partial charge in [0.05, 0.1) is 5.97 Å². The average Bonchev–Trinajstić information content (AvgIpc) is 2.29. The Hall–Kier alpha value is -2.16. The molecule has 16 heavy (non-hydrogen) atoms. The van der Waals surface area contributed by atoms with Gasteiger partial charge >= 0.3 is 0 Å². The second-order valence-electron chi connectivity index (χ2n) is 3.38. The number of carboxylic acids is 1. The van der Waals surface area contributed by atoms with Crippen molar-refractivity contribution in [2.75, 3.05) is 0 Å². The molecule has 0 aromatic heterocycles. The summed E-state index contributed by atoms with van der Waals surface area (Å²) in [5.41, 5.74) is 1.38. The Morgan fingerprint density at radius 3 is 2.25 bits per heavy atom. The van der Waals surface area contributed by atoms with E-state index < -0.39 is 5.97 Å². The Morgan fingerprint density at radius 2 is 1.62 bits per heavy atom. The number of carbonyl (C=O) groups excluding carboxylic acids is 1. The third kappa shape index (κ3) is 2.08. The molecular weight excluding hydrogens is 207 g/mol. The first-order chi connectivity index (χ1) is 7.66. The summed E-state index contributed by atoms with van der Waals surface area (Å²) in [6.07, 6.45) is 0. The molecule has 3 heteroatoms. The summed E-state index contributed by atoms with van der Waals surface area (Å²) in [4.78, 5) is 10.7. The second-order valence-corrected chi connectivity index (χ2v) is 3.38. The van der Waals surface area contributed by atoms with Crippen LogP contribution in [-0.2, 0) is 0 Å². The topological polar surface area (TPSA) is 40.1 Å². The van der Waals surface area contributed by atoms with Crippen molar-refractivity contribution >= 4 is 5.97 Å². The van der Waals surface area contributed by atoms with Crippen LogP contribution in [0.5, 0.6) is 0 Å². The van der Waals surface area contributed by atoms with E-state index in [9.17, 15) is 14.3 Å². The van der Waals surface area contributed by atoms with E-state index in [1.54, 1.807) is 24.3 Å². The normalized spacial score (nSPS) is 10.1. The molecule has 0 saturated heterocycles. The van der Waals surface area contributed by atoms with Crippen LogP contribution in [-0.4, -0.2) is 5.97 Å². The van der Waals surface area contributed by atoms with Gasteiger partial charge in [0, 0.05) is 0 Å². The molecule has 80 valence electrons. The van der Waals surface area contributed by atoms with Crippen molar-refractivity contribution in [1.29, 1.82) is 0 Å². The predicted molar refractivity (Wildman–Crippen MR) is 56.2 cm³/mol. The Morgan fingerprint density at radius 1 is 1.00 bits per heavy atom. The van der Waals surface area contributed by atoms with Crippen LogP contribution in [0, 0.1) is 5.82 Å². The third-order valence-corrected chi connectivity index (χ3v) is 2.26. The van der Waals surface area contributed by atoms with Gasteiger partial charge in [-0.1, -0.05) is 30.3 Å². The van der Waals surface area contributed by atoms with Crippen LogP contribution in [0.25, 0.3) is 11.1 Å². The number of hydrogen-bond acceptors (Lipinski definition) is 2. The van der Waals surface area contributed by atoms with E-state index >= 15 is 0 Å². The second kappa shape index (κ2) is 4.14. The molecule has 0 spiro atoms. The molecule has 0 aliphatic rings. The molecule has 0 bridgehead atoms. The SMILES string of the molecule is O=C([O-])c1cccc(-c2cccc(F)c2)c1. The lowest BCUT2D eigenvalue weighted by Gasteiger charge is -2.06. The van der Waals surface area contributed by atoms with E-state index in [1.807, 2.05) is 0 Å². The molecule has 0 fully saturated rings. The van der Waals surface area contributed by atoms with Crippen LogP contribution in [0.2, 0.25) is 0 Å². The predicted octanol–water partition coefficient (Wildman–Crippen LogP) is 1.86. The van der Waals surface area contributed by atoms with Crippen LogP contribution in [0.3, 0.4) is 0 Å². The maximum absolute atomic E-state index is 13.0. The lowest BCUT2D eigenvalue weighted by atomic mass is 10.0. The maximum Gasteiger partial charge on any atom is 0.123 e. The van der Waals surface area contributed by atoms with Crippen LogP contribution in [0.1, 0.15) is 10.4 Å². The van der Waals surface area contributed by atoms with Gasteiger partial charge in [-0.3, -0.25) is 0 Å². The number of carboxylic acid groups (broad SMARTS) is 1. The smallest absolute Gasteiger partial charge is 0.123 e. The lowest BCUT2D eigenvalue weighted by molar-refractivity contribution is -0.255. The first kappa shape index (κ1) is 10.4. The van der Waals surface area contributed by atoms with E-state index in [-0.39, 0.29) is 11.4 Å². The highest BCUT2D eigenvalue weighted by atomic mass is 19.1. The Labute approximate surface area is 92.0 Å². The first-order valence-electron chi connectivity index (χ1n) is 4.74. The molecule has 0 radical (unpaired) electrons. The zero-order chi connectivity index (χ0) is 11.5. The van der Waals surface area contributed by atoms with Gasteiger partial charge in [-0.25, -0.2) is 4.39 Å². The molecular formula is C13H8FO2-. The van der Waals surface area contributed by atoms with E-state index in [2.05, 4.69) is 0 Å². The number of rotatable bonds is 2. The number of carbonyl (C=O) groups is 1. The highest BCUT2D eigenvalue weighted by Gasteiger charge is 2.00. The number of benzene rings is 2. The van der Waals surface area contributed by atoms with Crippen molar-refractivity contribution in [2.45, 2.75) is 0 Å². The summed E-state index contributed by atoms with van der Waals surface area (Å²) < 4.78 is 13.0. The van der Waals surface area contributed by atoms with Crippen molar-refractivity contribution in [3.8, 4) is 11.1 Å². The van der Waals surface area contributed by atoms with Crippen LogP contribution < -0.4 is 5.11 Å². The molecule has 2 aromatic carbocycles. The number of aromatic carboxylic acids is 1. The van der Waals surface area contributed by atoms with Gasteiger partial charge < -0.3 is 9.90 Å². The van der Waals surface area contributed by atoms with E-state index in [4.69, 9.17) is 0 Å². The summed E-state index contributed by atoms with van der Waals surface area (Å²) in [6, 6.07) is 12.2. The standard InChI is InChI=1S/C13H9FO2/c14-12-6-2-4-10(8-12)9-3-1-5-11(7-9)13(15)16/h1-8H,(H,15,16)/p-1. The van der Waals surface area contributed by atoms with Crippen molar-refractivity contribution in [1.82, 2.24) is 0 Å². The zero-order valence-corrected chi connectivity index (χ0v) is 8.31. The third-order valence-electron chi connectivity index (χ3n) is 2.26. The maximum atomic E-state index is 13.0. The fraction of sp³-hybridized carbons (Fsp3) is 0. The van der Waals surface area contributed by atoms with Crippen molar-refractivity contribution in [2.24, 2.45) is 0 Å². The van der Waals surface area contributed by atoms with Gasteiger partial charge in [0.1, 0.15) is 5.82 Å². The number of hydrogen-bond donors (Lipinski definition) is 0.